The van der Waals surface area contributed by atoms with Gasteiger partial charge in [-0.05, 0) is 18.0 Å². The Kier molecular flexibility index (Phi) is 6.35. The Balaban J connectivity index is 2.23. The first-order chi connectivity index (χ1) is 11.4. The van der Waals surface area contributed by atoms with Crippen molar-refractivity contribution in [2.45, 2.75) is 37.6 Å². The molecule has 0 saturated carbocycles. The lowest BCUT2D eigenvalue weighted by atomic mass is 9.88. The highest BCUT2D eigenvalue weighted by Gasteiger charge is 2.28. The molecule has 0 amide bonds. The van der Waals surface area contributed by atoms with E-state index >= 15 is 0 Å². The van der Waals surface area contributed by atoms with E-state index in [0.29, 0.717) is 6.42 Å². The van der Waals surface area contributed by atoms with E-state index in [4.69, 9.17) is 0 Å². The monoisotopic (exact) mass is 336 g/mol. The van der Waals surface area contributed by atoms with E-state index < -0.39 is 14.2 Å². The molecule has 0 aliphatic rings. The zero-order valence-corrected chi connectivity index (χ0v) is 15.8. The number of aliphatic hydroxyl groups excluding tert-OH is 1. The van der Waals surface area contributed by atoms with Crippen LogP contribution < -0.4 is 5.19 Å². The average molecular weight is 337 g/mol. The molecule has 0 aliphatic heterocycles. The molecule has 0 aromatic heterocycles. The standard InChI is InChI=1S/C22H28OSi/c1-5-20(23)16-22(19-12-8-6-9-13-19)18(2)17-24(3,4)21-14-10-7-11-15-21/h5-15,20,22-23H,1-2,16-17H2,3-4H3/t20-,22-/m1/s1. The molecule has 2 aromatic carbocycles. The molecular weight excluding hydrogens is 308 g/mol. The van der Waals surface area contributed by atoms with Crippen LogP contribution in [-0.2, 0) is 0 Å². The topological polar surface area (TPSA) is 20.2 Å². The summed E-state index contributed by atoms with van der Waals surface area (Å²) >= 11 is 0. The van der Waals surface area contributed by atoms with Gasteiger partial charge < -0.3 is 5.11 Å². The molecule has 0 saturated heterocycles. The number of rotatable bonds is 8. The molecule has 2 atom stereocenters. The SMILES string of the molecule is C=C[C@@H](O)C[C@H](C(=C)C[Si](C)(C)c1ccccc1)c1ccccc1. The van der Waals surface area contributed by atoms with E-state index in [9.17, 15) is 5.11 Å². The Morgan fingerprint density at radius 1 is 1.04 bits per heavy atom. The van der Waals surface area contributed by atoms with E-state index in [2.05, 4.69) is 80.8 Å². The summed E-state index contributed by atoms with van der Waals surface area (Å²) in [4.78, 5) is 0. The third kappa shape index (κ3) is 4.79. The van der Waals surface area contributed by atoms with E-state index in [1.807, 2.05) is 6.07 Å². The number of aliphatic hydroxyl groups is 1. The van der Waals surface area contributed by atoms with Crippen LogP contribution in [0.4, 0.5) is 0 Å². The van der Waals surface area contributed by atoms with Crippen LogP contribution in [0.25, 0.3) is 0 Å². The summed E-state index contributed by atoms with van der Waals surface area (Å²) in [6.07, 6.45) is 1.75. The van der Waals surface area contributed by atoms with Crippen molar-refractivity contribution in [1.29, 1.82) is 0 Å². The highest BCUT2D eigenvalue weighted by molar-refractivity contribution is 6.90. The molecule has 126 valence electrons. The Hall–Kier alpha value is -1.90. The summed E-state index contributed by atoms with van der Waals surface area (Å²) in [7, 11) is -1.61. The normalized spacial score (nSPS) is 14.0. The molecule has 0 spiro atoms. The summed E-state index contributed by atoms with van der Waals surface area (Å²) in [6.45, 7) is 12.9. The second-order valence-corrected chi connectivity index (χ2v) is 11.8. The van der Waals surface area contributed by atoms with Crippen LogP contribution in [0, 0.1) is 0 Å². The largest absolute Gasteiger partial charge is 0.389 e. The van der Waals surface area contributed by atoms with Gasteiger partial charge in [0.15, 0.2) is 0 Å². The number of hydrogen-bond acceptors (Lipinski definition) is 1. The Morgan fingerprint density at radius 2 is 1.58 bits per heavy atom. The number of benzene rings is 2. The van der Waals surface area contributed by atoms with Gasteiger partial charge in [0.25, 0.3) is 0 Å². The summed E-state index contributed by atoms with van der Waals surface area (Å²) in [5.74, 6) is 0.162. The van der Waals surface area contributed by atoms with Crippen molar-refractivity contribution in [3.8, 4) is 0 Å². The zero-order valence-electron chi connectivity index (χ0n) is 14.8. The summed E-state index contributed by atoms with van der Waals surface area (Å²) < 4.78 is 0. The summed E-state index contributed by atoms with van der Waals surface area (Å²) in [5, 5.41) is 11.6. The fraction of sp³-hybridized carbons (Fsp3) is 0.273. The minimum Gasteiger partial charge on any atom is -0.389 e. The van der Waals surface area contributed by atoms with Gasteiger partial charge in [-0.2, -0.15) is 0 Å². The lowest BCUT2D eigenvalue weighted by molar-refractivity contribution is 0.206. The van der Waals surface area contributed by atoms with Gasteiger partial charge in [-0.25, -0.2) is 0 Å². The van der Waals surface area contributed by atoms with Crippen molar-refractivity contribution < 1.29 is 5.11 Å². The molecule has 1 N–H and O–H groups in total. The maximum atomic E-state index is 10.1. The predicted octanol–water partition coefficient (Wildman–Crippen LogP) is 4.88. The van der Waals surface area contributed by atoms with Gasteiger partial charge >= 0.3 is 0 Å². The van der Waals surface area contributed by atoms with Gasteiger partial charge in [0.1, 0.15) is 0 Å². The molecule has 2 heteroatoms. The van der Waals surface area contributed by atoms with Gasteiger partial charge in [0.05, 0.1) is 14.2 Å². The quantitative estimate of drug-likeness (QED) is 0.538. The van der Waals surface area contributed by atoms with Crippen LogP contribution in [0.3, 0.4) is 0 Å². The van der Waals surface area contributed by atoms with Crippen LogP contribution in [0.2, 0.25) is 19.1 Å². The van der Waals surface area contributed by atoms with E-state index in [-0.39, 0.29) is 5.92 Å². The molecule has 0 fully saturated rings. The van der Waals surface area contributed by atoms with Crippen LogP contribution >= 0.6 is 0 Å². The van der Waals surface area contributed by atoms with E-state index in [0.717, 1.165) is 6.04 Å². The third-order valence-corrected chi connectivity index (χ3v) is 7.90. The van der Waals surface area contributed by atoms with Crippen LogP contribution in [0.15, 0.2) is 85.5 Å². The average Bonchev–Trinajstić information content (AvgIpc) is 2.60. The highest BCUT2D eigenvalue weighted by atomic mass is 28.3. The molecule has 0 heterocycles. The summed E-state index contributed by atoms with van der Waals surface area (Å²) in [6, 6.07) is 22.2. The van der Waals surface area contributed by atoms with Crippen LogP contribution in [0.1, 0.15) is 17.9 Å². The minimum atomic E-state index is -1.61. The second kappa shape index (κ2) is 8.27. The van der Waals surface area contributed by atoms with Gasteiger partial charge in [0, 0.05) is 5.92 Å². The minimum absolute atomic E-state index is 0.162. The number of hydrogen-bond donors (Lipinski definition) is 1. The smallest absolute Gasteiger partial charge is 0.0846 e. The molecule has 1 nitrogen and oxygen atoms in total. The first kappa shape index (κ1) is 18.4. The molecule has 2 aromatic rings. The fourth-order valence-electron chi connectivity index (χ4n) is 3.24. The number of allylic oxidation sites excluding steroid dienone is 1. The van der Waals surface area contributed by atoms with Crippen LogP contribution in [-0.4, -0.2) is 19.3 Å². The van der Waals surface area contributed by atoms with Crippen molar-refractivity contribution in [3.05, 3.63) is 91.0 Å². The Morgan fingerprint density at radius 3 is 2.12 bits per heavy atom. The highest BCUT2D eigenvalue weighted by Crippen LogP contribution is 2.33. The van der Waals surface area contributed by atoms with Crippen molar-refractivity contribution in [2.24, 2.45) is 0 Å². The Labute approximate surface area is 147 Å². The maximum absolute atomic E-state index is 10.1. The molecule has 0 aliphatic carbocycles. The molecule has 0 unspecified atom stereocenters. The molecule has 0 bridgehead atoms. The van der Waals surface area contributed by atoms with Gasteiger partial charge in [-0.1, -0.05) is 97.2 Å². The lowest BCUT2D eigenvalue weighted by Gasteiger charge is -2.29. The Bertz CT molecular complexity index is 661. The van der Waals surface area contributed by atoms with E-state index in [1.54, 1.807) is 6.08 Å². The maximum Gasteiger partial charge on any atom is 0.0846 e. The van der Waals surface area contributed by atoms with Crippen LogP contribution in [0.5, 0.6) is 0 Å². The fourth-order valence-corrected chi connectivity index (χ4v) is 5.92. The van der Waals surface area contributed by atoms with Crippen molar-refractivity contribution in [3.63, 3.8) is 0 Å². The van der Waals surface area contributed by atoms with Crippen molar-refractivity contribution in [2.75, 3.05) is 0 Å². The first-order valence-electron chi connectivity index (χ1n) is 8.53. The van der Waals surface area contributed by atoms with Crippen molar-refractivity contribution in [1.82, 2.24) is 0 Å². The molecule has 2 rings (SSSR count). The van der Waals surface area contributed by atoms with Gasteiger partial charge in [0.2, 0.25) is 0 Å². The van der Waals surface area contributed by atoms with Gasteiger partial charge in [-0.3, -0.25) is 0 Å². The predicted molar refractivity (Wildman–Crippen MR) is 108 cm³/mol. The molecular formula is C22H28OSi. The molecule has 0 radical (unpaired) electrons. The lowest BCUT2D eigenvalue weighted by Crippen LogP contribution is -2.41. The van der Waals surface area contributed by atoms with Gasteiger partial charge in [-0.15, -0.1) is 6.58 Å². The third-order valence-electron chi connectivity index (χ3n) is 4.67. The molecule has 24 heavy (non-hydrogen) atoms. The first-order valence-corrected chi connectivity index (χ1v) is 11.7. The summed E-state index contributed by atoms with van der Waals surface area (Å²) in [5.41, 5.74) is 2.43. The zero-order chi connectivity index (χ0) is 17.6. The van der Waals surface area contributed by atoms with E-state index in [1.165, 1.54) is 16.3 Å². The second-order valence-electron chi connectivity index (χ2n) is 7.09. The van der Waals surface area contributed by atoms with Crippen molar-refractivity contribution >= 4 is 13.3 Å².